The summed E-state index contributed by atoms with van der Waals surface area (Å²) < 4.78 is 0. The normalized spacial score (nSPS) is 18.1. The van der Waals surface area contributed by atoms with Gasteiger partial charge in [-0.05, 0) is 35.8 Å². The average Bonchev–Trinajstić information content (AvgIpc) is 2.72. The first-order chi connectivity index (χ1) is 7.70. The van der Waals surface area contributed by atoms with Crippen molar-refractivity contribution in [2.24, 2.45) is 5.92 Å². The lowest BCUT2D eigenvalue weighted by molar-refractivity contribution is 0.196. The third-order valence-corrected chi connectivity index (χ3v) is 4.14. The number of nitriles is 1. The Kier molecular flexibility index (Phi) is 3.63. The highest BCUT2D eigenvalue weighted by atomic mass is 32.1. The molecule has 86 valence electrons. The van der Waals surface area contributed by atoms with Gasteiger partial charge < -0.3 is 0 Å². The van der Waals surface area contributed by atoms with Gasteiger partial charge in [0.1, 0.15) is 0 Å². The largest absolute Gasteiger partial charge is 0.283 e. The van der Waals surface area contributed by atoms with Gasteiger partial charge in [0, 0.05) is 18.0 Å². The number of thiophene rings is 1. The number of nitrogens with zero attached hydrogens (tertiary/aromatic N) is 2. The Morgan fingerprint density at radius 2 is 2.38 bits per heavy atom. The maximum atomic E-state index is 9.24. The van der Waals surface area contributed by atoms with Crippen molar-refractivity contribution in [1.29, 1.82) is 5.26 Å². The average molecular weight is 234 g/mol. The molecule has 0 bridgehead atoms. The van der Waals surface area contributed by atoms with Crippen LogP contribution in [0.4, 0.5) is 0 Å². The van der Waals surface area contributed by atoms with Crippen LogP contribution in [0.2, 0.25) is 0 Å². The van der Waals surface area contributed by atoms with Crippen molar-refractivity contribution in [3.05, 3.63) is 21.9 Å². The fourth-order valence-corrected chi connectivity index (χ4v) is 3.16. The van der Waals surface area contributed by atoms with E-state index in [1.807, 2.05) is 11.3 Å². The molecule has 3 heteroatoms. The molecule has 1 aliphatic heterocycles. The van der Waals surface area contributed by atoms with E-state index in [1.54, 1.807) is 0 Å². The van der Waals surface area contributed by atoms with Gasteiger partial charge in [0.2, 0.25) is 0 Å². The van der Waals surface area contributed by atoms with E-state index in [0.29, 0.717) is 5.92 Å². The van der Waals surface area contributed by atoms with E-state index in [2.05, 4.69) is 36.3 Å². The van der Waals surface area contributed by atoms with Crippen LogP contribution in [-0.4, -0.2) is 17.5 Å². The van der Waals surface area contributed by atoms with Crippen LogP contribution in [0, 0.1) is 17.2 Å². The van der Waals surface area contributed by atoms with Crippen LogP contribution in [0.5, 0.6) is 0 Å². The zero-order valence-electron chi connectivity index (χ0n) is 9.94. The maximum absolute atomic E-state index is 9.24. The van der Waals surface area contributed by atoms with Crippen LogP contribution in [0.3, 0.4) is 0 Å². The fraction of sp³-hybridized carbons (Fsp3) is 0.615. The van der Waals surface area contributed by atoms with E-state index in [4.69, 9.17) is 0 Å². The number of hydrogen-bond donors (Lipinski definition) is 0. The van der Waals surface area contributed by atoms with Crippen LogP contribution in [-0.2, 0) is 13.0 Å². The monoisotopic (exact) mass is 234 g/mol. The summed E-state index contributed by atoms with van der Waals surface area (Å²) in [6.45, 7) is 6.37. The molecule has 0 N–H and O–H groups in total. The molecule has 1 aromatic heterocycles. The third kappa shape index (κ3) is 2.45. The maximum Gasteiger partial charge on any atom is 0.0983 e. The van der Waals surface area contributed by atoms with Gasteiger partial charge in [0.05, 0.1) is 12.1 Å². The Morgan fingerprint density at radius 1 is 1.56 bits per heavy atom. The topological polar surface area (TPSA) is 27.0 Å². The van der Waals surface area contributed by atoms with Crippen molar-refractivity contribution in [3.63, 3.8) is 0 Å². The molecular weight excluding hydrogens is 216 g/mol. The molecule has 0 saturated heterocycles. The quantitative estimate of drug-likeness (QED) is 0.803. The van der Waals surface area contributed by atoms with E-state index in [0.717, 1.165) is 25.9 Å². The molecule has 1 unspecified atom stereocenters. The zero-order chi connectivity index (χ0) is 11.5. The highest BCUT2D eigenvalue weighted by Crippen LogP contribution is 2.26. The Bertz CT molecular complexity index is 389. The van der Waals surface area contributed by atoms with Gasteiger partial charge in [-0.25, -0.2) is 0 Å². The van der Waals surface area contributed by atoms with Crippen molar-refractivity contribution in [2.75, 3.05) is 6.54 Å². The first-order valence-electron chi connectivity index (χ1n) is 5.89. The summed E-state index contributed by atoms with van der Waals surface area (Å²) >= 11 is 1.85. The number of fused-ring (bicyclic) bond motifs is 1. The first-order valence-corrected chi connectivity index (χ1v) is 6.77. The summed E-state index contributed by atoms with van der Waals surface area (Å²) in [5.74, 6) is 0.591. The van der Waals surface area contributed by atoms with Gasteiger partial charge in [-0.3, -0.25) is 4.90 Å². The minimum absolute atomic E-state index is 0.0908. The summed E-state index contributed by atoms with van der Waals surface area (Å²) in [5, 5.41) is 11.4. The molecule has 2 rings (SSSR count). The van der Waals surface area contributed by atoms with Gasteiger partial charge in [0.15, 0.2) is 0 Å². The second-order valence-corrected chi connectivity index (χ2v) is 5.86. The summed E-state index contributed by atoms with van der Waals surface area (Å²) in [6, 6.07) is 4.75. The van der Waals surface area contributed by atoms with E-state index in [9.17, 15) is 5.26 Å². The minimum atomic E-state index is 0.0908. The van der Waals surface area contributed by atoms with Crippen molar-refractivity contribution >= 4 is 11.3 Å². The van der Waals surface area contributed by atoms with Gasteiger partial charge in [0.25, 0.3) is 0 Å². The predicted octanol–water partition coefficient (Wildman–Crippen LogP) is 3.04. The molecule has 0 aromatic carbocycles. The van der Waals surface area contributed by atoms with Crippen molar-refractivity contribution in [2.45, 2.75) is 39.3 Å². The molecule has 0 aliphatic carbocycles. The molecule has 0 saturated carbocycles. The van der Waals surface area contributed by atoms with E-state index >= 15 is 0 Å². The molecule has 0 amide bonds. The van der Waals surface area contributed by atoms with Gasteiger partial charge in [-0.2, -0.15) is 5.26 Å². The van der Waals surface area contributed by atoms with Crippen molar-refractivity contribution < 1.29 is 0 Å². The second kappa shape index (κ2) is 4.99. The van der Waals surface area contributed by atoms with Crippen molar-refractivity contribution in [3.8, 4) is 6.07 Å². The predicted molar refractivity (Wildman–Crippen MR) is 67.3 cm³/mol. The lowest BCUT2D eigenvalue weighted by Gasteiger charge is -2.31. The van der Waals surface area contributed by atoms with Crippen molar-refractivity contribution in [1.82, 2.24) is 4.90 Å². The van der Waals surface area contributed by atoms with Crippen LogP contribution < -0.4 is 0 Å². The molecule has 1 aromatic rings. The lowest BCUT2D eigenvalue weighted by Crippen LogP contribution is -2.38. The lowest BCUT2D eigenvalue weighted by atomic mass is 10.0. The standard InChI is InChI=1S/C13H18N2S/c1-10(2)7-12(8-14)15-5-3-13-11(9-15)4-6-16-13/h4,6,10,12H,3,5,7,9H2,1-2H3. The molecule has 0 spiro atoms. The SMILES string of the molecule is CC(C)CC(C#N)N1CCc2sccc2C1. The molecule has 2 heterocycles. The van der Waals surface area contributed by atoms with Crippen LogP contribution in [0.15, 0.2) is 11.4 Å². The molecular formula is C13H18N2S. The number of rotatable bonds is 3. The minimum Gasteiger partial charge on any atom is -0.283 e. The third-order valence-electron chi connectivity index (χ3n) is 3.12. The van der Waals surface area contributed by atoms with E-state index in [-0.39, 0.29) is 6.04 Å². The summed E-state index contributed by atoms with van der Waals surface area (Å²) in [6.07, 6.45) is 2.10. The Hall–Kier alpha value is -0.850. The smallest absolute Gasteiger partial charge is 0.0983 e. The van der Waals surface area contributed by atoms with Gasteiger partial charge >= 0.3 is 0 Å². The summed E-state index contributed by atoms with van der Waals surface area (Å²) in [4.78, 5) is 3.84. The number of hydrogen-bond acceptors (Lipinski definition) is 3. The molecule has 16 heavy (non-hydrogen) atoms. The highest BCUT2D eigenvalue weighted by molar-refractivity contribution is 7.10. The summed E-state index contributed by atoms with van der Waals surface area (Å²) in [5.41, 5.74) is 1.43. The van der Waals surface area contributed by atoms with Crippen LogP contribution >= 0.6 is 11.3 Å². The Balaban J connectivity index is 2.04. The second-order valence-electron chi connectivity index (χ2n) is 4.86. The van der Waals surface area contributed by atoms with E-state index < -0.39 is 0 Å². The Labute approximate surface area is 102 Å². The van der Waals surface area contributed by atoms with Gasteiger partial charge in [-0.1, -0.05) is 13.8 Å². The molecule has 0 fully saturated rings. The Morgan fingerprint density at radius 3 is 3.06 bits per heavy atom. The van der Waals surface area contributed by atoms with Gasteiger partial charge in [-0.15, -0.1) is 11.3 Å². The first kappa shape index (κ1) is 11.6. The van der Waals surface area contributed by atoms with Crippen LogP contribution in [0.25, 0.3) is 0 Å². The van der Waals surface area contributed by atoms with E-state index in [1.165, 1.54) is 10.4 Å². The molecule has 2 nitrogen and oxygen atoms in total. The summed E-state index contributed by atoms with van der Waals surface area (Å²) in [7, 11) is 0. The zero-order valence-corrected chi connectivity index (χ0v) is 10.8. The van der Waals surface area contributed by atoms with Crippen LogP contribution in [0.1, 0.15) is 30.7 Å². The molecule has 1 aliphatic rings. The molecule has 0 radical (unpaired) electrons. The molecule has 1 atom stereocenters. The highest BCUT2D eigenvalue weighted by Gasteiger charge is 2.24. The fourth-order valence-electron chi connectivity index (χ4n) is 2.27.